The molecule has 0 aromatic heterocycles. The molecule has 0 saturated heterocycles. The van der Waals surface area contributed by atoms with Crippen molar-refractivity contribution in [1.29, 1.82) is 0 Å². The van der Waals surface area contributed by atoms with Gasteiger partial charge in [0.15, 0.2) is 0 Å². The van der Waals surface area contributed by atoms with Crippen molar-refractivity contribution in [3.8, 4) is 0 Å². The van der Waals surface area contributed by atoms with Crippen LogP contribution in [0.5, 0.6) is 0 Å². The lowest BCUT2D eigenvalue weighted by atomic mass is 10.1. The fourth-order valence-electron chi connectivity index (χ4n) is 2.57. The molecule has 12 heteroatoms. The molecule has 9 nitrogen and oxygen atoms in total. The van der Waals surface area contributed by atoms with E-state index in [1.807, 2.05) is 0 Å². The summed E-state index contributed by atoms with van der Waals surface area (Å²) in [7, 11) is 2.26. The number of carbonyl (C=O) groups is 4. The molecule has 2 N–H and O–H groups in total. The van der Waals surface area contributed by atoms with Gasteiger partial charge in [-0.3, -0.25) is 0 Å². The number of anilines is 1. The highest BCUT2D eigenvalue weighted by Crippen LogP contribution is 2.40. The Morgan fingerprint density at radius 3 is 1.77 bits per heavy atom. The lowest BCUT2D eigenvalue weighted by Crippen LogP contribution is -2.29. The van der Waals surface area contributed by atoms with E-state index in [1.165, 1.54) is 29.3 Å². The number of methoxy groups -OCH3 is 2. The Morgan fingerprint density at radius 2 is 1.33 bits per heavy atom. The van der Waals surface area contributed by atoms with Gasteiger partial charge in [0.1, 0.15) is 5.70 Å². The van der Waals surface area contributed by atoms with Gasteiger partial charge in [-0.15, -0.1) is 0 Å². The number of hydrogen-bond acceptors (Lipinski definition) is 7. The standard InChI is InChI=1S/C18H12I3NO8/c1-29-17(27)7-5-3-4-6-22(13(7)18(28)30-2)14-11(20)8(15(23)24)10(19)9(12(14)21)16(25)26/h3-6H,1-2H3,(H,23,24)(H,25,26). The third kappa shape index (κ3) is 4.48. The number of carbonyl (C=O) groups excluding carboxylic acids is 2. The second-order valence-corrected chi connectivity index (χ2v) is 8.70. The van der Waals surface area contributed by atoms with Gasteiger partial charge in [0.2, 0.25) is 0 Å². The van der Waals surface area contributed by atoms with Crippen LogP contribution in [0.1, 0.15) is 20.7 Å². The number of rotatable bonds is 5. The number of nitrogens with zero attached hydrogens (tertiary/aromatic N) is 1. The number of carboxylic acids is 2. The van der Waals surface area contributed by atoms with E-state index in [9.17, 15) is 29.4 Å². The maximum atomic E-state index is 12.6. The van der Waals surface area contributed by atoms with Gasteiger partial charge in [-0.1, -0.05) is 6.08 Å². The molecule has 1 aromatic rings. The summed E-state index contributed by atoms with van der Waals surface area (Å²) in [5.74, 6) is -4.39. The number of halogens is 3. The van der Waals surface area contributed by atoms with Gasteiger partial charge in [0, 0.05) is 9.77 Å². The van der Waals surface area contributed by atoms with Gasteiger partial charge in [-0.25, -0.2) is 19.2 Å². The number of carboxylic acid groups (broad SMARTS) is 2. The molecule has 1 aromatic carbocycles. The van der Waals surface area contributed by atoms with Crippen molar-refractivity contribution < 1.29 is 38.9 Å². The first-order valence-electron chi connectivity index (χ1n) is 7.80. The van der Waals surface area contributed by atoms with Crippen LogP contribution < -0.4 is 4.90 Å². The molecule has 1 aliphatic rings. The zero-order valence-corrected chi connectivity index (χ0v) is 21.7. The van der Waals surface area contributed by atoms with Gasteiger partial charge in [0.25, 0.3) is 0 Å². The van der Waals surface area contributed by atoms with Crippen molar-refractivity contribution in [3.05, 3.63) is 57.5 Å². The highest BCUT2D eigenvalue weighted by atomic mass is 127. The number of ether oxygens (including phenoxy) is 2. The van der Waals surface area contributed by atoms with Gasteiger partial charge >= 0.3 is 23.9 Å². The van der Waals surface area contributed by atoms with E-state index in [0.29, 0.717) is 0 Å². The Balaban J connectivity index is 3.03. The van der Waals surface area contributed by atoms with Crippen LogP contribution in [0, 0.1) is 10.7 Å². The minimum Gasteiger partial charge on any atom is -0.478 e. The van der Waals surface area contributed by atoms with Crippen LogP contribution in [-0.4, -0.2) is 48.3 Å². The second kappa shape index (κ2) is 10.1. The molecule has 30 heavy (non-hydrogen) atoms. The van der Waals surface area contributed by atoms with E-state index in [-0.39, 0.29) is 38.8 Å². The second-order valence-electron chi connectivity index (χ2n) is 5.47. The normalized spacial score (nSPS) is 13.2. The number of hydrogen-bond donors (Lipinski definition) is 2. The molecule has 0 fully saturated rings. The molecule has 0 aliphatic carbocycles. The summed E-state index contributed by atoms with van der Waals surface area (Å²) in [6.07, 6.45) is 5.74. The van der Waals surface area contributed by atoms with E-state index in [4.69, 9.17) is 9.47 Å². The smallest absolute Gasteiger partial charge is 0.355 e. The van der Waals surface area contributed by atoms with Crippen molar-refractivity contribution >= 4 is 97.3 Å². The minimum absolute atomic E-state index is 0.0406. The molecule has 0 saturated carbocycles. The third-order valence-corrected chi connectivity index (χ3v) is 7.03. The lowest BCUT2D eigenvalue weighted by Gasteiger charge is -2.27. The first-order chi connectivity index (χ1) is 14.1. The SMILES string of the molecule is COC(=O)C1=C(C(=O)OC)N(c2c(I)c(C(=O)O)c(I)c(C(=O)O)c2I)C=CC=C1. The molecule has 1 heterocycles. The Hall–Kier alpha value is -1.69. The van der Waals surface area contributed by atoms with Crippen LogP contribution in [0.4, 0.5) is 5.69 Å². The van der Waals surface area contributed by atoms with Gasteiger partial charge in [0.05, 0.1) is 43.7 Å². The maximum Gasteiger partial charge on any atom is 0.355 e. The van der Waals surface area contributed by atoms with Crippen molar-refractivity contribution in [2.75, 3.05) is 19.1 Å². The number of benzene rings is 1. The average Bonchev–Trinajstić information content (AvgIpc) is 2.89. The predicted molar refractivity (Wildman–Crippen MR) is 130 cm³/mol. The summed E-state index contributed by atoms with van der Waals surface area (Å²) in [5.41, 5.74) is -0.766. The largest absolute Gasteiger partial charge is 0.478 e. The molecule has 1 aliphatic heterocycles. The third-order valence-electron chi connectivity index (χ3n) is 3.85. The molecule has 0 unspecified atom stereocenters. The molecule has 158 valence electrons. The Bertz CT molecular complexity index is 1020. The molecule has 0 amide bonds. The Labute approximate surface area is 211 Å². The average molecular weight is 751 g/mol. The summed E-state index contributed by atoms with van der Waals surface area (Å²) in [6.45, 7) is 0. The molecular formula is C18H12I3NO8. The molecule has 0 atom stereocenters. The van der Waals surface area contributed by atoms with Crippen molar-refractivity contribution in [3.63, 3.8) is 0 Å². The van der Waals surface area contributed by atoms with Crippen LogP contribution in [0.15, 0.2) is 35.7 Å². The van der Waals surface area contributed by atoms with E-state index >= 15 is 0 Å². The summed E-state index contributed by atoms with van der Waals surface area (Å²) in [5, 5.41) is 19.4. The van der Waals surface area contributed by atoms with E-state index < -0.39 is 23.9 Å². The van der Waals surface area contributed by atoms with Gasteiger partial charge in [-0.2, -0.15) is 0 Å². The van der Waals surface area contributed by atoms with Crippen LogP contribution in [0.25, 0.3) is 0 Å². The van der Waals surface area contributed by atoms with Crippen LogP contribution in [0.3, 0.4) is 0 Å². The monoisotopic (exact) mass is 751 g/mol. The molecule has 0 spiro atoms. The summed E-state index contributed by atoms with van der Waals surface area (Å²) < 4.78 is 9.98. The van der Waals surface area contributed by atoms with Crippen LogP contribution in [-0.2, 0) is 19.1 Å². The van der Waals surface area contributed by atoms with Crippen molar-refractivity contribution in [1.82, 2.24) is 0 Å². The highest BCUT2D eigenvalue weighted by Gasteiger charge is 2.34. The zero-order chi connectivity index (χ0) is 22.7. The first kappa shape index (κ1) is 24.6. The lowest BCUT2D eigenvalue weighted by molar-refractivity contribution is -0.139. The maximum absolute atomic E-state index is 12.6. The molecular weight excluding hydrogens is 739 g/mol. The molecule has 2 rings (SSSR count). The summed E-state index contributed by atoms with van der Waals surface area (Å²) >= 11 is 5.21. The molecule has 0 bridgehead atoms. The van der Waals surface area contributed by atoms with Crippen LogP contribution >= 0.6 is 67.8 Å². The zero-order valence-electron chi connectivity index (χ0n) is 15.2. The quantitative estimate of drug-likeness (QED) is 0.344. The van der Waals surface area contributed by atoms with E-state index in [0.717, 1.165) is 14.2 Å². The fraction of sp³-hybridized carbons (Fsp3) is 0.111. The summed E-state index contributed by atoms with van der Waals surface area (Å²) in [4.78, 5) is 50.0. The number of esters is 2. The Kier molecular flexibility index (Phi) is 8.26. The van der Waals surface area contributed by atoms with Crippen LogP contribution in [0.2, 0.25) is 0 Å². The van der Waals surface area contributed by atoms with Gasteiger partial charge in [-0.05, 0) is 79.9 Å². The first-order valence-corrected chi connectivity index (χ1v) is 11.0. The van der Waals surface area contributed by atoms with E-state index in [1.54, 1.807) is 67.8 Å². The fourth-order valence-corrected chi connectivity index (χ4v) is 7.18. The number of aromatic carboxylic acids is 2. The van der Waals surface area contributed by atoms with E-state index in [2.05, 4.69) is 0 Å². The number of allylic oxidation sites excluding steroid dienone is 2. The van der Waals surface area contributed by atoms with Crippen molar-refractivity contribution in [2.45, 2.75) is 0 Å². The van der Waals surface area contributed by atoms with Crippen molar-refractivity contribution in [2.24, 2.45) is 0 Å². The molecule has 0 radical (unpaired) electrons. The minimum atomic E-state index is -1.34. The highest BCUT2D eigenvalue weighted by molar-refractivity contribution is 14.1. The van der Waals surface area contributed by atoms with Gasteiger partial charge < -0.3 is 24.6 Å². The summed E-state index contributed by atoms with van der Waals surface area (Å²) in [6, 6.07) is 0. The predicted octanol–water partition coefficient (Wildman–Crippen LogP) is 3.39. The Morgan fingerprint density at radius 1 is 0.833 bits per heavy atom. The topological polar surface area (TPSA) is 130 Å².